The highest BCUT2D eigenvalue weighted by molar-refractivity contribution is 5.82. The Morgan fingerprint density at radius 1 is 0.528 bits per heavy atom. The predicted molar refractivity (Wildman–Crippen MR) is 156 cm³/mol. The van der Waals surface area contributed by atoms with E-state index in [0.29, 0.717) is 11.5 Å². The van der Waals surface area contributed by atoms with E-state index in [1.54, 1.807) is 0 Å². The molecular weight excluding hydrogens is 452 g/mol. The zero-order valence-electron chi connectivity index (χ0n) is 24.9. The van der Waals surface area contributed by atoms with Gasteiger partial charge in [0, 0.05) is 78.7 Å². The van der Waals surface area contributed by atoms with Crippen LogP contribution in [0.4, 0.5) is 17.1 Å². The summed E-state index contributed by atoms with van der Waals surface area (Å²) in [5, 5.41) is 20.7. The fourth-order valence-electron chi connectivity index (χ4n) is 4.29. The molecule has 2 rings (SSSR count). The van der Waals surface area contributed by atoms with Crippen LogP contribution in [0.15, 0.2) is 18.2 Å². The highest BCUT2D eigenvalue weighted by Gasteiger charge is 2.18. The second-order valence-electron chi connectivity index (χ2n) is 10.9. The number of phenols is 2. The molecule has 36 heavy (non-hydrogen) atoms. The van der Waals surface area contributed by atoms with Crippen LogP contribution >= 0.6 is 0 Å². The summed E-state index contributed by atoms with van der Waals surface area (Å²) in [5.74, 6) is 0.771. The molecule has 2 N–H and O–H groups in total. The number of aromatic hydroxyl groups is 2. The maximum absolute atomic E-state index is 10.4. The van der Waals surface area contributed by atoms with Gasteiger partial charge in [0.05, 0.1) is 11.4 Å². The average Bonchev–Trinajstić information content (AvgIpc) is 2.70. The highest BCUT2D eigenvalue weighted by Crippen LogP contribution is 2.43. The quantitative estimate of drug-likeness (QED) is 0.541. The predicted octanol–water partition coefficient (Wildman–Crippen LogP) is 3.48. The van der Waals surface area contributed by atoms with Gasteiger partial charge in [-0.15, -0.1) is 0 Å². The molecule has 0 aliphatic carbocycles. The Kier molecular flexibility index (Phi) is 11.8. The van der Waals surface area contributed by atoms with E-state index in [9.17, 15) is 10.2 Å². The largest absolute Gasteiger partial charge is 0.507 e. The Bertz CT molecular complexity index is 921. The van der Waals surface area contributed by atoms with Crippen molar-refractivity contribution in [1.29, 1.82) is 0 Å². The lowest BCUT2D eigenvalue weighted by Gasteiger charge is -2.27. The lowest BCUT2D eigenvalue weighted by molar-refractivity contribution is 0.365. The molecule has 0 aliphatic heterocycles. The van der Waals surface area contributed by atoms with Crippen molar-refractivity contribution in [2.45, 2.75) is 26.6 Å². The Hall–Kier alpha value is -2.68. The fourth-order valence-corrected chi connectivity index (χ4v) is 4.29. The Morgan fingerprint density at radius 2 is 0.944 bits per heavy atom. The van der Waals surface area contributed by atoms with Gasteiger partial charge in [-0.3, -0.25) is 0 Å². The zero-order valence-corrected chi connectivity index (χ0v) is 24.9. The molecule has 0 saturated carbocycles. The van der Waals surface area contributed by atoms with E-state index in [1.165, 1.54) is 5.56 Å². The first-order valence-electron chi connectivity index (χ1n) is 12.2. The lowest BCUT2D eigenvalue weighted by atomic mass is 10.0. The summed E-state index contributed by atoms with van der Waals surface area (Å²) < 4.78 is 0. The smallest absolute Gasteiger partial charge is 0.162 e. The van der Waals surface area contributed by atoms with Crippen molar-refractivity contribution in [3.63, 3.8) is 0 Å². The minimum Gasteiger partial charge on any atom is -0.507 e. The molecule has 0 bridgehead atoms. The molecule has 0 unspecified atom stereocenters. The highest BCUT2D eigenvalue weighted by atomic mass is 16.3. The van der Waals surface area contributed by atoms with Gasteiger partial charge in [0.1, 0.15) is 5.75 Å². The molecule has 0 fully saturated rings. The van der Waals surface area contributed by atoms with Crippen LogP contribution in [0.25, 0.3) is 0 Å². The molecule has 0 radical (unpaired) electrons. The van der Waals surface area contributed by atoms with E-state index < -0.39 is 0 Å². The molecule has 8 nitrogen and oxygen atoms in total. The van der Waals surface area contributed by atoms with E-state index in [4.69, 9.17) is 0 Å². The van der Waals surface area contributed by atoms with Gasteiger partial charge >= 0.3 is 0 Å². The summed E-state index contributed by atoms with van der Waals surface area (Å²) in [7, 11) is 24.0. The van der Waals surface area contributed by atoms with Gasteiger partial charge in [-0.1, -0.05) is 0 Å². The topological polar surface area (TPSA) is 59.9 Å². The zero-order chi connectivity index (χ0) is 27.9. The van der Waals surface area contributed by atoms with Crippen LogP contribution in [0, 0.1) is 6.92 Å². The molecule has 8 heteroatoms. The first kappa shape index (κ1) is 31.4. The van der Waals surface area contributed by atoms with Gasteiger partial charge in [0.15, 0.2) is 5.75 Å². The number of anilines is 3. The van der Waals surface area contributed by atoms with Gasteiger partial charge in [0.25, 0.3) is 0 Å². The molecular formula is C28H50N6O2. The summed E-state index contributed by atoms with van der Waals surface area (Å²) in [5.41, 5.74) is 7.17. The van der Waals surface area contributed by atoms with E-state index >= 15 is 0 Å². The van der Waals surface area contributed by atoms with E-state index in [-0.39, 0.29) is 0 Å². The van der Waals surface area contributed by atoms with Crippen molar-refractivity contribution >= 4 is 17.1 Å². The van der Waals surface area contributed by atoms with Crippen LogP contribution in [0.5, 0.6) is 11.5 Å². The number of nitrogens with zero attached hydrogens (tertiary/aromatic N) is 6. The van der Waals surface area contributed by atoms with Crippen LogP contribution in [-0.4, -0.2) is 109 Å². The maximum atomic E-state index is 10.4. The summed E-state index contributed by atoms with van der Waals surface area (Å²) in [6, 6.07) is 6.22. The minimum atomic E-state index is 0.336. The SMILES string of the molecule is CN(C)Cc1cc(CN(C)C)c(O)c(CN(C)C)c1.Cc1c(N(C)C)cc(N(C)C)c(O)c1N(C)C. The number of benzene rings is 2. The maximum Gasteiger partial charge on any atom is 0.162 e. The summed E-state index contributed by atoms with van der Waals surface area (Å²) in [4.78, 5) is 12.2. The van der Waals surface area contributed by atoms with Crippen molar-refractivity contribution in [2.24, 2.45) is 0 Å². The van der Waals surface area contributed by atoms with Crippen molar-refractivity contribution < 1.29 is 10.2 Å². The van der Waals surface area contributed by atoms with Crippen LogP contribution in [0.1, 0.15) is 22.3 Å². The number of hydrogen-bond donors (Lipinski definition) is 2. The summed E-state index contributed by atoms with van der Waals surface area (Å²) >= 11 is 0. The van der Waals surface area contributed by atoms with Crippen molar-refractivity contribution in [2.75, 3.05) is 99.3 Å². The molecule has 0 atom stereocenters. The van der Waals surface area contributed by atoms with Crippen molar-refractivity contribution in [1.82, 2.24) is 14.7 Å². The molecule has 0 spiro atoms. The normalized spacial score (nSPS) is 11.1. The van der Waals surface area contributed by atoms with E-state index in [2.05, 4.69) is 45.8 Å². The van der Waals surface area contributed by atoms with Gasteiger partial charge in [-0.2, -0.15) is 0 Å². The van der Waals surface area contributed by atoms with Gasteiger partial charge < -0.3 is 39.6 Å². The van der Waals surface area contributed by atoms with Crippen LogP contribution < -0.4 is 14.7 Å². The lowest BCUT2D eigenvalue weighted by Crippen LogP contribution is -2.18. The third-order valence-corrected chi connectivity index (χ3v) is 5.69. The summed E-state index contributed by atoms with van der Waals surface area (Å²) in [6.07, 6.45) is 0. The molecule has 204 valence electrons. The molecule has 0 aliphatic rings. The fraction of sp³-hybridized carbons (Fsp3) is 0.571. The third kappa shape index (κ3) is 8.76. The van der Waals surface area contributed by atoms with Crippen LogP contribution in [-0.2, 0) is 19.6 Å². The van der Waals surface area contributed by atoms with Crippen LogP contribution in [0.3, 0.4) is 0 Å². The average molecular weight is 503 g/mol. The Labute approximate surface area is 219 Å². The molecule has 2 aromatic carbocycles. The Balaban J connectivity index is 0.000000362. The standard InChI is InChI=1S/C15H27N3O.C13H23N3O/c1-16(2)9-12-7-13(10-17(3)4)15(19)14(8-12)11-18(5)6;1-9-10(14(2)3)8-11(15(4)5)13(17)12(9)16(6)7/h7-8,19H,9-11H2,1-6H3;8,17H,1-7H3. The summed E-state index contributed by atoms with van der Waals surface area (Å²) in [6.45, 7) is 4.44. The first-order valence-corrected chi connectivity index (χ1v) is 12.2. The number of rotatable bonds is 9. The van der Waals surface area contributed by atoms with Crippen molar-refractivity contribution in [3.05, 3.63) is 40.5 Å². The van der Waals surface area contributed by atoms with Crippen LogP contribution in [0.2, 0.25) is 0 Å². The van der Waals surface area contributed by atoms with E-state index in [1.807, 2.05) is 93.3 Å². The molecule has 0 heterocycles. The molecule has 0 amide bonds. The number of phenolic OH excluding ortho intramolecular Hbond substituents is 2. The monoisotopic (exact) mass is 502 g/mol. The third-order valence-electron chi connectivity index (χ3n) is 5.69. The number of hydrogen-bond acceptors (Lipinski definition) is 8. The molecule has 0 saturated heterocycles. The first-order chi connectivity index (χ1) is 16.6. The molecule has 0 aromatic heterocycles. The second kappa shape index (κ2) is 13.6. The Morgan fingerprint density at radius 3 is 1.28 bits per heavy atom. The van der Waals surface area contributed by atoms with E-state index in [0.717, 1.165) is 53.4 Å². The van der Waals surface area contributed by atoms with Crippen molar-refractivity contribution in [3.8, 4) is 11.5 Å². The molecule has 2 aromatic rings. The van der Waals surface area contributed by atoms with Gasteiger partial charge in [0.2, 0.25) is 0 Å². The van der Waals surface area contributed by atoms with Gasteiger partial charge in [-0.25, -0.2) is 0 Å². The minimum absolute atomic E-state index is 0.336. The van der Waals surface area contributed by atoms with Gasteiger partial charge in [-0.05, 0) is 78.5 Å². The second-order valence-corrected chi connectivity index (χ2v) is 10.9.